The van der Waals surface area contributed by atoms with Crippen molar-refractivity contribution in [1.29, 1.82) is 0 Å². The molecule has 17 heteroatoms. The maximum Gasteiger partial charge on any atom is 0.415 e. The van der Waals surface area contributed by atoms with Gasteiger partial charge in [-0.25, -0.2) is 18.0 Å². The van der Waals surface area contributed by atoms with Crippen LogP contribution < -0.4 is 4.74 Å². The number of sulfonamides is 1. The number of esters is 1. The summed E-state index contributed by atoms with van der Waals surface area (Å²) in [5.41, 5.74) is -0.145. The molecule has 0 saturated carbocycles. The highest BCUT2D eigenvalue weighted by molar-refractivity contribution is 8.02. The molecular weight excluding hydrogens is 717 g/mol. The number of piperazine rings is 1. The number of nitrogens with zero attached hydrogens (tertiary/aromatic N) is 4. The first-order valence-electron chi connectivity index (χ1n) is 17.0. The van der Waals surface area contributed by atoms with Gasteiger partial charge in [-0.1, -0.05) is 12.1 Å². The Balaban J connectivity index is 1.39. The van der Waals surface area contributed by atoms with Crippen LogP contribution in [0.25, 0.3) is 0 Å². The zero-order valence-corrected chi connectivity index (χ0v) is 31.8. The molecule has 52 heavy (non-hydrogen) atoms. The molecule has 0 radical (unpaired) electrons. The molecule has 15 nitrogen and oxygen atoms in total. The number of aliphatic hydroxyl groups excluding tert-OH is 1. The number of amides is 2. The number of thioether (sulfide) groups is 1. The van der Waals surface area contributed by atoms with Gasteiger partial charge in [0.2, 0.25) is 10.0 Å². The normalized spacial score (nSPS) is 18.5. The maximum absolute atomic E-state index is 14.0. The highest BCUT2D eigenvalue weighted by Gasteiger charge is 2.51. The number of benzene rings is 1. The predicted molar refractivity (Wildman–Crippen MR) is 191 cm³/mol. The topological polar surface area (TPSA) is 182 Å². The van der Waals surface area contributed by atoms with Gasteiger partial charge in [0.05, 0.1) is 37.7 Å². The third-order valence-electron chi connectivity index (χ3n) is 8.34. The largest absolute Gasteiger partial charge is 0.460 e. The molecule has 1 N–H and O–H groups in total. The number of carbonyl (C=O) groups excluding carboxylic acids is 4. The quantitative estimate of drug-likeness (QED) is 0.219. The highest BCUT2D eigenvalue weighted by atomic mass is 32.2. The molecule has 1 aromatic heterocycles. The van der Waals surface area contributed by atoms with E-state index in [0.717, 1.165) is 0 Å². The van der Waals surface area contributed by atoms with Crippen molar-refractivity contribution in [2.45, 2.75) is 68.7 Å². The number of aliphatic hydroxyl groups is 1. The first-order valence-corrected chi connectivity index (χ1v) is 19.4. The number of hydrogen-bond acceptors (Lipinski definition) is 13. The molecule has 2 amide bonds. The maximum atomic E-state index is 14.0. The third-order valence-corrected chi connectivity index (χ3v) is 11.7. The smallest absolute Gasteiger partial charge is 0.415 e. The summed E-state index contributed by atoms with van der Waals surface area (Å²) in [5.74, 6) is -1.56. The Bertz CT molecular complexity index is 1640. The molecule has 2 aromatic rings. The van der Waals surface area contributed by atoms with E-state index in [1.165, 1.54) is 50.4 Å². The number of hydrogen-bond donors (Lipinski definition) is 1. The van der Waals surface area contributed by atoms with Crippen LogP contribution in [0.3, 0.4) is 0 Å². The minimum absolute atomic E-state index is 0.0180. The minimum Gasteiger partial charge on any atom is -0.460 e. The first-order chi connectivity index (χ1) is 24.5. The average molecular weight is 765 g/mol. The number of Topliss-reactive ketones (excluding diaryl/α,β-unsaturated/α-hetero) is 1. The van der Waals surface area contributed by atoms with Gasteiger partial charge in [0.25, 0.3) is 0 Å². The van der Waals surface area contributed by atoms with Crippen molar-refractivity contribution in [1.82, 2.24) is 19.1 Å². The predicted octanol–water partition coefficient (Wildman–Crippen LogP) is 3.35. The summed E-state index contributed by atoms with van der Waals surface area (Å²) in [7, 11) is -4.05. The molecule has 0 unspecified atom stereocenters. The Morgan fingerprint density at radius 3 is 2.23 bits per heavy atom. The van der Waals surface area contributed by atoms with Gasteiger partial charge in [0.1, 0.15) is 22.9 Å². The Morgan fingerprint density at radius 1 is 0.981 bits per heavy atom. The molecule has 2 saturated heterocycles. The van der Waals surface area contributed by atoms with Crippen LogP contribution in [0.15, 0.2) is 53.7 Å². The Hall–Kier alpha value is -3.77. The van der Waals surface area contributed by atoms with E-state index in [1.807, 2.05) is 13.8 Å². The molecule has 2 aliphatic rings. The van der Waals surface area contributed by atoms with Gasteiger partial charge in [0, 0.05) is 49.7 Å². The van der Waals surface area contributed by atoms with Crippen molar-refractivity contribution < 1.29 is 51.6 Å². The van der Waals surface area contributed by atoms with Crippen molar-refractivity contribution in [3.05, 3.63) is 54.4 Å². The Morgan fingerprint density at radius 2 is 1.63 bits per heavy atom. The van der Waals surface area contributed by atoms with Crippen molar-refractivity contribution in [2.24, 2.45) is 5.92 Å². The highest BCUT2D eigenvalue weighted by Crippen LogP contribution is 2.43. The lowest BCUT2D eigenvalue weighted by Crippen LogP contribution is -2.51. The first kappa shape index (κ1) is 41.0. The lowest BCUT2D eigenvalue weighted by Gasteiger charge is -2.33. The second-order valence-electron chi connectivity index (χ2n) is 13.9. The molecule has 286 valence electrons. The van der Waals surface area contributed by atoms with Gasteiger partial charge < -0.3 is 33.9 Å². The van der Waals surface area contributed by atoms with E-state index in [0.29, 0.717) is 5.56 Å². The molecule has 0 spiro atoms. The zero-order chi connectivity index (χ0) is 38.1. The number of carbonyl (C=O) groups is 4. The van der Waals surface area contributed by atoms with E-state index in [4.69, 9.17) is 24.1 Å². The van der Waals surface area contributed by atoms with Crippen molar-refractivity contribution >= 4 is 45.7 Å². The van der Waals surface area contributed by atoms with Gasteiger partial charge in [-0.3, -0.25) is 14.6 Å². The van der Waals surface area contributed by atoms with Crippen molar-refractivity contribution in [3.8, 4) is 5.75 Å². The fourth-order valence-electron chi connectivity index (χ4n) is 5.76. The molecule has 3 heterocycles. The molecule has 2 atom stereocenters. The second-order valence-corrected chi connectivity index (χ2v) is 17.4. The lowest BCUT2D eigenvalue weighted by atomic mass is 9.88. The van der Waals surface area contributed by atoms with E-state index in [2.05, 4.69) is 4.98 Å². The van der Waals surface area contributed by atoms with Crippen molar-refractivity contribution in [2.75, 3.05) is 58.5 Å². The number of ether oxygens (including phenoxy) is 4. The molecule has 0 bridgehead atoms. The van der Waals surface area contributed by atoms with E-state index in [9.17, 15) is 27.6 Å². The summed E-state index contributed by atoms with van der Waals surface area (Å²) in [5, 5.41) is 8.73. The fourth-order valence-corrected chi connectivity index (χ4v) is 8.94. The van der Waals surface area contributed by atoms with Crippen LogP contribution in [0.1, 0.15) is 46.6 Å². The summed E-state index contributed by atoms with van der Waals surface area (Å²) in [4.78, 5) is 59.5. The summed E-state index contributed by atoms with van der Waals surface area (Å²) < 4.78 is 49.1. The van der Waals surface area contributed by atoms with Crippen LogP contribution in [0.4, 0.5) is 9.59 Å². The summed E-state index contributed by atoms with van der Waals surface area (Å²) >= 11 is 1.35. The third kappa shape index (κ3) is 11.1. The number of rotatable bonds is 14. The van der Waals surface area contributed by atoms with Crippen LogP contribution in [-0.2, 0) is 40.2 Å². The van der Waals surface area contributed by atoms with Gasteiger partial charge in [-0.05, 0) is 70.9 Å². The van der Waals surface area contributed by atoms with Gasteiger partial charge in [-0.15, -0.1) is 11.8 Å². The van der Waals surface area contributed by atoms with E-state index < -0.39 is 56.3 Å². The Labute approximate surface area is 309 Å². The van der Waals surface area contributed by atoms with Gasteiger partial charge >= 0.3 is 18.2 Å². The molecule has 0 aliphatic carbocycles. The van der Waals surface area contributed by atoms with Gasteiger partial charge in [-0.2, -0.15) is 4.31 Å². The summed E-state index contributed by atoms with van der Waals surface area (Å²) in [6, 6.07) is 8.49. The number of aromatic nitrogens is 1. The van der Waals surface area contributed by atoms with Gasteiger partial charge in [0.15, 0.2) is 5.78 Å². The molecule has 4 rings (SSSR count). The standard InChI is InChI=1S/C35H48N4O11S2/c1-34(2,3)50-31(42)26(22-29(41)30-35(4,5)51-24-39(30)52(45,46)28-7-6-12-36-23-28)21-25-8-10-27(11-9-25)49-33(44)38-15-13-37(14-16-38)32(43)48-20-19-47-18-17-40/h6-12,23,26,30,40H,13-22,24H2,1-5H3/t26-,30-/m1/s1. The van der Waals surface area contributed by atoms with Crippen LogP contribution in [0.5, 0.6) is 5.75 Å². The second kappa shape index (κ2) is 17.8. The number of pyridine rings is 1. The van der Waals surface area contributed by atoms with Crippen LogP contribution >= 0.6 is 11.8 Å². The minimum atomic E-state index is -4.05. The van der Waals surface area contributed by atoms with Crippen LogP contribution in [0, 0.1) is 5.92 Å². The SMILES string of the molecule is CC(C)(C)OC(=O)[C@@H](CC(=O)[C@H]1N(S(=O)(=O)c2cccnc2)CSC1(C)C)Cc1ccc(OC(=O)N2CCN(C(=O)OCCOCCO)CC2)cc1. The Kier molecular flexibility index (Phi) is 14.1. The average Bonchev–Trinajstić information content (AvgIpc) is 3.43. The van der Waals surface area contributed by atoms with E-state index in [-0.39, 0.29) is 82.0 Å². The van der Waals surface area contributed by atoms with Crippen LogP contribution in [0.2, 0.25) is 0 Å². The van der Waals surface area contributed by atoms with E-state index in [1.54, 1.807) is 45.0 Å². The molecule has 2 fully saturated rings. The lowest BCUT2D eigenvalue weighted by molar-refractivity contribution is -0.161. The number of ketones is 1. The van der Waals surface area contributed by atoms with Crippen molar-refractivity contribution in [3.63, 3.8) is 0 Å². The van der Waals surface area contributed by atoms with Crippen LogP contribution in [-0.4, -0.2) is 131 Å². The molecular formula is C35H48N4O11S2. The zero-order valence-electron chi connectivity index (χ0n) is 30.2. The molecule has 1 aromatic carbocycles. The van der Waals surface area contributed by atoms with E-state index >= 15 is 0 Å². The monoisotopic (exact) mass is 764 g/mol. The summed E-state index contributed by atoms with van der Waals surface area (Å²) in [6.45, 7) is 10.1. The molecule has 2 aliphatic heterocycles. The summed E-state index contributed by atoms with van der Waals surface area (Å²) in [6.07, 6.45) is 1.49. The fraction of sp³-hybridized carbons (Fsp3) is 0.571.